The summed E-state index contributed by atoms with van der Waals surface area (Å²) in [5.74, 6) is -0.913. The van der Waals surface area contributed by atoms with Crippen LogP contribution in [0.4, 0.5) is 0 Å². The van der Waals surface area contributed by atoms with Crippen molar-refractivity contribution >= 4 is 5.97 Å². The van der Waals surface area contributed by atoms with E-state index >= 15 is 0 Å². The highest BCUT2D eigenvalue weighted by Crippen LogP contribution is 2.08. The fourth-order valence-corrected chi connectivity index (χ4v) is 2.43. The Morgan fingerprint density at radius 3 is 2.43 bits per heavy atom. The van der Waals surface area contributed by atoms with Crippen LogP contribution in [0, 0.1) is 0 Å². The van der Waals surface area contributed by atoms with E-state index in [1.807, 2.05) is 18.2 Å². The van der Waals surface area contributed by atoms with Gasteiger partial charge in [0.05, 0.1) is 7.11 Å². The maximum atomic E-state index is 10.3. The van der Waals surface area contributed by atoms with Gasteiger partial charge in [0.15, 0.2) is 0 Å². The van der Waals surface area contributed by atoms with Crippen molar-refractivity contribution in [2.24, 2.45) is 0 Å². The first-order valence-electron chi connectivity index (χ1n) is 10.3. The number of hydrogen-bond donors (Lipinski definition) is 1. The van der Waals surface area contributed by atoms with Crippen molar-refractivity contribution < 1.29 is 24.4 Å². The van der Waals surface area contributed by atoms with Gasteiger partial charge in [-0.1, -0.05) is 74.8 Å². The van der Waals surface area contributed by atoms with Gasteiger partial charge in [-0.15, -0.1) is 0 Å². The second-order valence-corrected chi connectivity index (χ2v) is 6.47. The molecule has 1 unspecified atom stereocenters. The standard InChI is InChI=1S/C23H38O5/c1-3-4-15-18-22(28-26-2)19-16-13-11-9-7-5-6-8-10-12-14-17-20-27-21-23(24)25/h5,7-8,10-11,13,16,19,22H,3-4,6,9,12,14-15,17-18,20-21H2,1-2H3,(H,24,25). The van der Waals surface area contributed by atoms with Gasteiger partial charge < -0.3 is 9.84 Å². The third-order valence-electron chi connectivity index (χ3n) is 3.90. The quantitative estimate of drug-likeness (QED) is 0.0987. The summed E-state index contributed by atoms with van der Waals surface area (Å²) in [6.45, 7) is 2.50. The molecular formula is C23H38O5. The van der Waals surface area contributed by atoms with Gasteiger partial charge in [-0.3, -0.25) is 0 Å². The molecule has 0 rings (SSSR count). The number of carboxylic acids is 1. The minimum absolute atomic E-state index is 0.0191. The maximum Gasteiger partial charge on any atom is 0.329 e. The number of rotatable bonds is 19. The SMILES string of the molecule is CCCCCC(C=CC=CCC=CCC=CCCCCOCC(=O)O)OOC. The summed E-state index contributed by atoms with van der Waals surface area (Å²) in [5.41, 5.74) is 0. The van der Waals surface area contributed by atoms with Crippen LogP contribution >= 0.6 is 0 Å². The largest absolute Gasteiger partial charge is 0.480 e. The average Bonchev–Trinajstić information content (AvgIpc) is 2.67. The van der Waals surface area contributed by atoms with Gasteiger partial charge in [-0.2, -0.15) is 0 Å². The molecule has 0 amide bonds. The van der Waals surface area contributed by atoms with Gasteiger partial charge in [0, 0.05) is 6.61 Å². The highest BCUT2D eigenvalue weighted by atomic mass is 17.2. The third-order valence-corrected chi connectivity index (χ3v) is 3.90. The van der Waals surface area contributed by atoms with Crippen LogP contribution in [0.25, 0.3) is 0 Å². The van der Waals surface area contributed by atoms with Gasteiger partial charge in [-0.25, -0.2) is 14.6 Å². The highest BCUT2D eigenvalue weighted by Gasteiger charge is 2.03. The molecule has 0 radical (unpaired) electrons. The molecule has 0 heterocycles. The smallest absolute Gasteiger partial charge is 0.329 e. The Hall–Kier alpha value is -1.69. The number of hydrogen-bond acceptors (Lipinski definition) is 4. The number of ether oxygens (including phenoxy) is 1. The summed E-state index contributed by atoms with van der Waals surface area (Å²) in [7, 11) is 1.55. The molecule has 0 aromatic carbocycles. The molecule has 0 aromatic heterocycles. The molecule has 1 N–H and O–H groups in total. The lowest BCUT2D eigenvalue weighted by Crippen LogP contribution is -2.08. The molecule has 5 heteroatoms. The van der Waals surface area contributed by atoms with E-state index in [-0.39, 0.29) is 12.7 Å². The van der Waals surface area contributed by atoms with Crippen LogP contribution in [-0.4, -0.2) is 37.5 Å². The van der Waals surface area contributed by atoms with Crippen LogP contribution in [0.15, 0.2) is 48.6 Å². The van der Waals surface area contributed by atoms with Crippen LogP contribution in [0.2, 0.25) is 0 Å². The Balaban J connectivity index is 3.69. The Labute approximate surface area is 170 Å². The zero-order chi connectivity index (χ0) is 20.7. The molecule has 0 saturated carbocycles. The van der Waals surface area contributed by atoms with Gasteiger partial charge >= 0.3 is 5.97 Å². The zero-order valence-electron chi connectivity index (χ0n) is 17.6. The summed E-state index contributed by atoms with van der Waals surface area (Å²) in [6, 6.07) is 0. The molecule has 0 aromatic rings. The monoisotopic (exact) mass is 394 g/mol. The summed E-state index contributed by atoms with van der Waals surface area (Å²) < 4.78 is 4.98. The van der Waals surface area contributed by atoms with E-state index in [2.05, 4.69) is 37.3 Å². The minimum atomic E-state index is -0.913. The molecule has 1 atom stereocenters. The van der Waals surface area contributed by atoms with Crippen LogP contribution < -0.4 is 0 Å². The van der Waals surface area contributed by atoms with Crippen LogP contribution in [0.3, 0.4) is 0 Å². The van der Waals surface area contributed by atoms with E-state index in [1.165, 1.54) is 12.8 Å². The second-order valence-electron chi connectivity index (χ2n) is 6.47. The van der Waals surface area contributed by atoms with E-state index in [4.69, 9.17) is 19.6 Å². The maximum absolute atomic E-state index is 10.3. The number of carboxylic acid groups (broad SMARTS) is 1. The summed E-state index contributed by atoms with van der Waals surface area (Å²) in [4.78, 5) is 20.3. The fourth-order valence-electron chi connectivity index (χ4n) is 2.43. The number of allylic oxidation sites excluding steroid dienone is 7. The van der Waals surface area contributed by atoms with Gasteiger partial charge in [0.2, 0.25) is 0 Å². The lowest BCUT2D eigenvalue weighted by atomic mass is 10.1. The van der Waals surface area contributed by atoms with Crippen LogP contribution in [-0.2, 0) is 19.3 Å². The molecule has 160 valence electrons. The number of carbonyl (C=O) groups is 1. The molecule has 0 aliphatic carbocycles. The first-order valence-corrected chi connectivity index (χ1v) is 10.3. The molecule has 0 spiro atoms. The molecule has 0 aliphatic rings. The predicted octanol–water partition coefficient (Wildman–Crippen LogP) is 5.79. The van der Waals surface area contributed by atoms with E-state index in [1.54, 1.807) is 7.11 Å². The van der Waals surface area contributed by atoms with Crippen molar-refractivity contribution in [3.63, 3.8) is 0 Å². The van der Waals surface area contributed by atoms with E-state index in [0.29, 0.717) is 6.61 Å². The second kappa shape index (κ2) is 21.6. The Kier molecular flexibility index (Phi) is 20.3. The molecule has 0 aliphatic heterocycles. The topological polar surface area (TPSA) is 65.0 Å². The molecule has 0 saturated heterocycles. The average molecular weight is 395 g/mol. The predicted molar refractivity (Wildman–Crippen MR) is 114 cm³/mol. The van der Waals surface area contributed by atoms with E-state index < -0.39 is 5.97 Å². The lowest BCUT2D eigenvalue weighted by Gasteiger charge is -2.10. The van der Waals surface area contributed by atoms with Crippen molar-refractivity contribution in [3.05, 3.63) is 48.6 Å². The molecule has 28 heavy (non-hydrogen) atoms. The fraction of sp³-hybridized carbons (Fsp3) is 0.609. The first-order chi connectivity index (χ1) is 13.7. The highest BCUT2D eigenvalue weighted by molar-refractivity contribution is 5.67. The third kappa shape index (κ3) is 20.6. The van der Waals surface area contributed by atoms with Gasteiger partial charge in [0.1, 0.15) is 12.7 Å². The normalized spacial score (nSPS) is 13.5. The molecule has 0 fully saturated rings. The van der Waals surface area contributed by atoms with Gasteiger partial charge in [-0.05, 0) is 38.5 Å². The van der Waals surface area contributed by atoms with Gasteiger partial charge in [0.25, 0.3) is 0 Å². The van der Waals surface area contributed by atoms with E-state index in [0.717, 1.165) is 44.9 Å². The summed E-state index contributed by atoms with van der Waals surface area (Å²) >= 11 is 0. The summed E-state index contributed by atoms with van der Waals surface area (Å²) in [5, 5.41) is 8.44. The Morgan fingerprint density at radius 2 is 1.71 bits per heavy atom. The summed E-state index contributed by atoms with van der Waals surface area (Å²) in [6.07, 6.45) is 26.1. The van der Waals surface area contributed by atoms with E-state index in [9.17, 15) is 4.79 Å². The first kappa shape index (κ1) is 26.3. The number of aliphatic carboxylic acids is 1. The molecular weight excluding hydrogens is 356 g/mol. The molecule has 5 nitrogen and oxygen atoms in total. The van der Waals surface area contributed by atoms with Crippen LogP contribution in [0.5, 0.6) is 0 Å². The Bertz CT molecular complexity index is 466. The van der Waals surface area contributed by atoms with Crippen LogP contribution in [0.1, 0.15) is 64.7 Å². The van der Waals surface area contributed by atoms with Crippen molar-refractivity contribution in [2.75, 3.05) is 20.3 Å². The minimum Gasteiger partial charge on any atom is -0.480 e. The molecule has 0 bridgehead atoms. The Morgan fingerprint density at radius 1 is 0.964 bits per heavy atom. The van der Waals surface area contributed by atoms with Crippen molar-refractivity contribution in [3.8, 4) is 0 Å². The van der Waals surface area contributed by atoms with Crippen molar-refractivity contribution in [1.29, 1.82) is 0 Å². The zero-order valence-corrected chi connectivity index (χ0v) is 17.6. The van der Waals surface area contributed by atoms with Crippen molar-refractivity contribution in [1.82, 2.24) is 0 Å². The lowest BCUT2D eigenvalue weighted by molar-refractivity contribution is -0.294. The van der Waals surface area contributed by atoms with Crippen molar-refractivity contribution in [2.45, 2.75) is 70.8 Å². The number of unbranched alkanes of at least 4 members (excludes halogenated alkanes) is 4.